The molecule has 4 aliphatic rings. The van der Waals surface area contributed by atoms with Crippen molar-refractivity contribution in [3.05, 3.63) is 24.3 Å². The fourth-order valence-corrected chi connectivity index (χ4v) is 6.18. The van der Waals surface area contributed by atoms with Gasteiger partial charge in [-0.2, -0.15) is 0 Å². The molecule has 4 aliphatic carbocycles. The van der Waals surface area contributed by atoms with Gasteiger partial charge in [0.2, 0.25) is 11.8 Å². The van der Waals surface area contributed by atoms with Crippen molar-refractivity contribution in [3.8, 4) is 5.75 Å². The van der Waals surface area contributed by atoms with Crippen molar-refractivity contribution in [1.82, 2.24) is 10.6 Å². The molecule has 1 aromatic rings. The molecule has 0 spiro atoms. The maximum absolute atomic E-state index is 12.6. The van der Waals surface area contributed by atoms with Crippen LogP contribution in [0.3, 0.4) is 0 Å². The van der Waals surface area contributed by atoms with E-state index in [0.29, 0.717) is 17.9 Å². The lowest BCUT2D eigenvalue weighted by Gasteiger charge is -2.56. The first kappa shape index (κ1) is 20.7. The molecule has 3 N–H and O–H groups in total. The number of nitrogens with one attached hydrogen (secondary N) is 3. The third-order valence-corrected chi connectivity index (χ3v) is 6.91. The van der Waals surface area contributed by atoms with Gasteiger partial charge >= 0.3 is 0 Å². The molecular formula is C23H31N3O4. The van der Waals surface area contributed by atoms with E-state index in [-0.39, 0.29) is 36.3 Å². The highest BCUT2D eigenvalue weighted by molar-refractivity contribution is 5.94. The van der Waals surface area contributed by atoms with Gasteiger partial charge in [-0.15, -0.1) is 0 Å². The van der Waals surface area contributed by atoms with Crippen LogP contribution in [-0.4, -0.2) is 37.9 Å². The monoisotopic (exact) mass is 413 g/mol. The molecule has 4 saturated carbocycles. The summed E-state index contributed by atoms with van der Waals surface area (Å²) in [5.41, 5.74) is 0.732. The van der Waals surface area contributed by atoms with Gasteiger partial charge in [-0.25, -0.2) is 0 Å². The number of benzene rings is 1. The lowest BCUT2D eigenvalue weighted by atomic mass is 9.49. The predicted octanol–water partition coefficient (Wildman–Crippen LogP) is 2.47. The Morgan fingerprint density at radius 2 is 1.67 bits per heavy atom. The topological polar surface area (TPSA) is 96.5 Å². The van der Waals surface area contributed by atoms with E-state index in [0.717, 1.165) is 17.8 Å². The summed E-state index contributed by atoms with van der Waals surface area (Å²) in [5.74, 6) is 2.39. The minimum absolute atomic E-state index is 0.0187. The van der Waals surface area contributed by atoms with Gasteiger partial charge in [0.15, 0.2) is 6.61 Å². The van der Waals surface area contributed by atoms with E-state index < -0.39 is 0 Å². The Balaban J connectivity index is 1.23. The van der Waals surface area contributed by atoms with Gasteiger partial charge in [-0.1, -0.05) is 6.07 Å². The van der Waals surface area contributed by atoms with Crippen LogP contribution in [0, 0.1) is 23.2 Å². The molecule has 0 radical (unpaired) electrons. The molecule has 0 unspecified atom stereocenters. The van der Waals surface area contributed by atoms with Crippen LogP contribution in [0.2, 0.25) is 0 Å². The third-order valence-electron chi connectivity index (χ3n) is 6.91. The van der Waals surface area contributed by atoms with Crippen LogP contribution < -0.4 is 20.7 Å². The van der Waals surface area contributed by atoms with Gasteiger partial charge in [0, 0.05) is 25.2 Å². The third kappa shape index (κ3) is 4.94. The van der Waals surface area contributed by atoms with Crippen molar-refractivity contribution >= 4 is 23.4 Å². The van der Waals surface area contributed by atoms with E-state index >= 15 is 0 Å². The van der Waals surface area contributed by atoms with Gasteiger partial charge in [0.25, 0.3) is 5.91 Å². The highest BCUT2D eigenvalue weighted by atomic mass is 16.5. The number of amides is 3. The first-order valence-electron chi connectivity index (χ1n) is 10.9. The second-order valence-corrected chi connectivity index (χ2v) is 9.41. The molecule has 7 heteroatoms. The van der Waals surface area contributed by atoms with Crippen LogP contribution >= 0.6 is 0 Å². The number of ether oxygens (including phenoxy) is 1. The molecule has 7 nitrogen and oxygen atoms in total. The van der Waals surface area contributed by atoms with Crippen molar-refractivity contribution in [3.63, 3.8) is 0 Å². The van der Waals surface area contributed by atoms with Crippen LogP contribution in [0.4, 0.5) is 5.69 Å². The first-order valence-corrected chi connectivity index (χ1v) is 10.9. The van der Waals surface area contributed by atoms with Gasteiger partial charge in [0.1, 0.15) is 5.75 Å². The first-order chi connectivity index (χ1) is 14.4. The highest BCUT2D eigenvalue weighted by Crippen LogP contribution is 2.61. The summed E-state index contributed by atoms with van der Waals surface area (Å²) in [4.78, 5) is 36.1. The van der Waals surface area contributed by atoms with Crippen molar-refractivity contribution in [2.24, 2.45) is 23.2 Å². The molecule has 3 amide bonds. The number of rotatable bonds is 8. The number of hydrogen-bond acceptors (Lipinski definition) is 4. The average Bonchev–Trinajstić information content (AvgIpc) is 2.69. The van der Waals surface area contributed by atoms with Crippen LogP contribution in [-0.2, 0) is 14.4 Å². The molecule has 0 aromatic heterocycles. The lowest BCUT2D eigenvalue weighted by Crippen LogP contribution is -2.48. The zero-order chi connectivity index (χ0) is 21.1. The Kier molecular flexibility index (Phi) is 5.97. The van der Waals surface area contributed by atoms with Crippen molar-refractivity contribution in [1.29, 1.82) is 0 Å². The van der Waals surface area contributed by atoms with Gasteiger partial charge in [-0.05, 0) is 73.8 Å². The average molecular weight is 414 g/mol. The highest BCUT2D eigenvalue weighted by Gasteiger charge is 2.51. The Hall–Kier alpha value is -2.57. The van der Waals surface area contributed by atoms with Crippen molar-refractivity contribution in [2.75, 3.05) is 25.5 Å². The molecule has 30 heavy (non-hydrogen) atoms. The summed E-state index contributed by atoms with van der Waals surface area (Å²) >= 11 is 0. The molecule has 0 aliphatic heterocycles. The summed E-state index contributed by atoms with van der Waals surface area (Å²) in [6, 6.07) is 6.84. The van der Waals surface area contributed by atoms with Crippen LogP contribution in [0.5, 0.6) is 5.75 Å². The van der Waals surface area contributed by atoms with E-state index in [1.807, 2.05) is 0 Å². The predicted molar refractivity (Wildman–Crippen MR) is 113 cm³/mol. The van der Waals surface area contributed by atoms with Crippen LogP contribution in [0.15, 0.2) is 24.3 Å². The molecule has 4 bridgehead atoms. The summed E-state index contributed by atoms with van der Waals surface area (Å²) < 4.78 is 5.38. The molecule has 4 fully saturated rings. The van der Waals surface area contributed by atoms with Crippen molar-refractivity contribution in [2.45, 2.75) is 44.9 Å². The molecule has 0 heterocycles. The van der Waals surface area contributed by atoms with Crippen LogP contribution in [0.25, 0.3) is 0 Å². The Bertz CT molecular complexity index is 787. The summed E-state index contributed by atoms with van der Waals surface area (Å²) in [5, 5.41) is 8.05. The quantitative estimate of drug-likeness (QED) is 0.610. The molecule has 5 rings (SSSR count). The summed E-state index contributed by atoms with van der Waals surface area (Å²) in [7, 11) is 1.54. The van der Waals surface area contributed by atoms with E-state index in [9.17, 15) is 14.4 Å². The number of carbonyl (C=O) groups is 3. The zero-order valence-corrected chi connectivity index (χ0v) is 17.5. The molecule has 162 valence electrons. The smallest absolute Gasteiger partial charge is 0.257 e. The minimum Gasteiger partial charge on any atom is -0.484 e. The molecule has 0 saturated heterocycles. The van der Waals surface area contributed by atoms with E-state index in [2.05, 4.69) is 16.0 Å². The summed E-state index contributed by atoms with van der Waals surface area (Å²) in [6.45, 7) is -0.136. The number of hydrogen-bond donors (Lipinski definition) is 3. The van der Waals surface area contributed by atoms with Gasteiger partial charge in [-0.3, -0.25) is 14.4 Å². The number of carbonyl (C=O) groups excluding carboxylic acids is 3. The summed E-state index contributed by atoms with van der Waals surface area (Å²) in [6.07, 6.45) is 8.16. The minimum atomic E-state index is -0.280. The fourth-order valence-electron chi connectivity index (χ4n) is 6.18. The van der Waals surface area contributed by atoms with Gasteiger partial charge in [0.05, 0.1) is 6.54 Å². The Morgan fingerprint density at radius 1 is 1.00 bits per heavy atom. The number of anilines is 1. The molecule has 0 atom stereocenters. The SMILES string of the molecule is CNC(=O)COc1cccc(NC(=O)CNC(=O)CC23CC4CC(CC(C4)C2)C3)c1. The maximum Gasteiger partial charge on any atom is 0.257 e. The van der Waals surface area contributed by atoms with E-state index in [4.69, 9.17) is 4.74 Å². The van der Waals surface area contributed by atoms with E-state index in [1.54, 1.807) is 31.3 Å². The fraction of sp³-hybridized carbons (Fsp3) is 0.609. The Labute approximate surface area is 177 Å². The lowest BCUT2D eigenvalue weighted by molar-refractivity contribution is -0.131. The normalized spacial score (nSPS) is 28.6. The standard InChI is InChI=1S/C23H31N3O4/c1-24-22(29)14-30-19-4-2-3-18(8-19)26-21(28)13-25-20(27)12-23-9-15-5-16(10-23)7-17(6-15)11-23/h2-4,8,15-17H,5-7,9-14H2,1H3,(H,24,29)(H,25,27)(H,26,28). The maximum atomic E-state index is 12.6. The second kappa shape index (κ2) is 8.66. The number of likely N-dealkylation sites (N-methyl/N-ethyl adjacent to an activating group) is 1. The van der Waals surface area contributed by atoms with E-state index in [1.165, 1.54) is 38.5 Å². The van der Waals surface area contributed by atoms with Crippen LogP contribution in [0.1, 0.15) is 44.9 Å². The Morgan fingerprint density at radius 3 is 2.30 bits per heavy atom. The molecule has 1 aromatic carbocycles. The molecular weight excluding hydrogens is 382 g/mol. The zero-order valence-electron chi connectivity index (χ0n) is 17.5. The van der Waals surface area contributed by atoms with Gasteiger partial charge < -0.3 is 20.7 Å². The second-order valence-electron chi connectivity index (χ2n) is 9.41. The largest absolute Gasteiger partial charge is 0.484 e. The van der Waals surface area contributed by atoms with Crippen molar-refractivity contribution < 1.29 is 19.1 Å².